The fraction of sp³-hybridized carbons (Fsp3) is 0.240. The van der Waals surface area contributed by atoms with E-state index in [2.05, 4.69) is 17.4 Å². The molecular formula is C25H27ClN2O3S. The average molecular weight is 471 g/mol. The Morgan fingerprint density at radius 3 is 2.19 bits per heavy atom. The molecule has 3 aromatic rings. The summed E-state index contributed by atoms with van der Waals surface area (Å²) in [6.07, 6.45) is 2.01. The molecule has 5 nitrogen and oxygen atoms in total. The lowest BCUT2D eigenvalue weighted by Crippen LogP contribution is -2.34. The van der Waals surface area contributed by atoms with Crippen molar-refractivity contribution in [3.05, 3.63) is 95.0 Å². The summed E-state index contributed by atoms with van der Waals surface area (Å²) in [6.45, 7) is 2.00. The summed E-state index contributed by atoms with van der Waals surface area (Å²) in [5.41, 5.74) is 2.58. The second-order valence-corrected chi connectivity index (χ2v) is 10.2. The maximum absolute atomic E-state index is 12.8. The van der Waals surface area contributed by atoms with Crippen molar-refractivity contribution in [2.24, 2.45) is 0 Å². The monoisotopic (exact) mass is 470 g/mol. The van der Waals surface area contributed by atoms with Gasteiger partial charge in [0.15, 0.2) is 0 Å². The number of amides is 1. The Kier molecular flexibility index (Phi) is 7.94. The number of aryl methyl sites for hydroxylation is 1. The Morgan fingerprint density at radius 1 is 0.938 bits per heavy atom. The van der Waals surface area contributed by atoms with Crippen molar-refractivity contribution < 1.29 is 13.2 Å². The number of rotatable bonds is 9. The highest BCUT2D eigenvalue weighted by Crippen LogP contribution is 2.23. The molecule has 168 valence electrons. The maximum atomic E-state index is 12.8. The van der Waals surface area contributed by atoms with Crippen LogP contribution in [0.5, 0.6) is 0 Å². The largest absolute Gasteiger partial charge is 0.353 e. The molecule has 0 aliphatic rings. The molecule has 1 unspecified atom stereocenters. The van der Waals surface area contributed by atoms with Crippen LogP contribution in [0, 0.1) is 0 Å². The second-order valence-electron chi connectivity index (χ2n) is 7.76. The predicted octanol–water partition coefficient (Wildman–Crippen LogP) is 4.85. The number of carbonyl (C=O) groups excluding carboxylic acids is 1. The number of nitrogens with zero attached hydrogens (tertiary/aromatic N) is 1. The highest BCUT2D eigenvalue weighted by Gasteiger charge is 2.21. The van der Waals surface area contributed by atoms with Crippen LogP contribution in [0.25, 0.3) is 0 Å². The van der Waals surface area contributed by atoms with Gasteiger partial charge < -0.3 is 5.32 Å². The van der Waals surface area contributed by atoms with Crippen LogP contribution < -0.4 is 9.62 Å². The molecule has 7 heteroatoms. The molecule has 0 aliphatic carbocycles. The SMILES string of the molecule is CC(CCc1ccccc1)NC(=O)Cc1ccc(N(C)S(=O)(=O)c2ccc(Cl)cc2)cc1. The molecule has 0 spiro atoms. The Labute approximate surface area is 195 Å². The number of anilines is 1. The average Bonchev–Trinajstić information content (AvgIpc) is 2.78. The van der Waals surface area contributed by atoms with Gasteiger partial charge in [-0.1, -0.05) is 54.1 Å². The third kappa shape index (κ3) is 6.34. The number of hydrogen-bond donors (Lipinski definition) is 1. The molecule has 3 rings (SSSR count). The van der Waals surface area contributed by atoms with Crippen molar-refractivity contribution in [2.75, 3.05) is 11.4 Å². The number of benzene rings is 3. The molecule has 0 fully saturated rings. The summed E-state index contributed by atoms with van der Waals surface area (Å²) >= 11 is 5.85. The molecule has 32 heavy (non-hydrogen) atoms. The highest BCUT2D eigenvalue weighted by atomic mass is 35.5. The molecular weight excluding hydrogens is 444 g/mol. The summed E-state index contributed by atoms with van der Waals surface area (Å²) in [5.74, 6) is -0.0551. The van der Waals surface area contributed by atoms with Crippen molar-refractivity contribution in [2.45, 2.75) is 37.1 Å². The number of nitrogens with one attached hydrogen (secondary N) is 1. The Balaban J connectivity index is 1.55. The van der Waals surface area contributed by atoms with Crippen LogP contribution in [-0.4, -0.2) is 27.4 Å². The minimum absolute atomic E-state index is 0.0551. The van der Waals surface area contributed by atoms with E-state index in [4.69, 9.17) is 11.6 Å². The van der Waals surface area contributed by atoms with Gasteiger partial charge in [0.25, 0.3) is 10.0 Å². The fourth-order valence-corrected chi connectivity index (χ4v) is 4.66. The summed E-state index contributed by atoms with van der Waals surface area (Å²) < 4.78 is 26.8. The van der Waals surface area contributed by atoms with Crippen molar-refractivity contribution in [3.8, 4) is 0 Å². The Hall–Kier alpha value is -2.83. The zero-order chi connectivity index (χ0) is 23.1. The molecule has 3 aromatic carbocycles. The van der Waals surface area contributed by atoms with E-state index in [0.29, 0.717) is 10.7 Å². The number of sulfonamides is 1. The summed E-state index contributed by atoms with van der Waals surface area (Å²) in [6, 6.07) is 23.3. The van der Waals surface area contributed by atoms with Gasteiger partial charge in [0.05, 0.1) is 17.0 Å². The fourth-order valence-electron chi connectivity index (χ4n) is 3.34. The third-order valence-electron chi connectivity index (χ3n) is 5.25. The molecule has 0 radical (unpaired) electrons. The first-order chi connectivity index (χ1) is 15.3. The number of hydrogen-bond acceptors (Lipinski definition) is 3. The lowest BCUT2D eigenvalue weighted by Gasteiger charge is -2.20. The minimum atomic E-state index is -3.69. The van der Waals surface area contributed by atoms with Crippen LogP contribution in [0.2, 0.25) is 5.02 Å². The van der Waals surface area contributed by atoms with Crippen LogP contribution in [0.3, 0.4) is 0 Å². The van der Waals surface area contributed by atoms with E-state index in [1.165, 1.54) is 29.0 Å². The molecule has 0 saturated heterocycles. The van der Waals surface area contributed by atoms with E-state index in [9.17, 15) is 13.2 Å². The van der Waals surface area contributed by atoms with Crippen molar-refractivity contribution in [1.29, 1.82) is 0 Å². The normalized spacial score (nSPS) is 12.2. The minimum Gasteiger partial charge on any atom is -0.353 e. The molecule has 1 atom stereocenters. The molecule has 0 saturated carbocycles. The zero-order valence-corrected chi connectivity index (χ0v) is 19.7. The zero-order valence-electron chi connectivity index (χ0n) is 18.2. The highest BCUT2D eigenvalue weighted by molar-refractivity contribution is 7.92. The van der Waals surface area contributed by atoms with E-state index in [0.717, 1.165) is 18.4 Å². The standard InChI is InChI=1S/C25H27ClN2O3S/c1-19(8-9-20-6-4-3-5-7-20)27-25(29)18-21-10-14-23(15-11-21)28(2)32(30,31)24-16-12-22(26)13-17-24/h3-7,10-17,19H,8-9,18H2,1-2H3,(H,27,29). The summed E-state index contributed by atoms with van der Waals surface area (Å²) in [4.78, 5) is 12.6. The van der Waals surface area contributed by atoms with Gasteiger partial charge in [0, 0.05) is 18.1 Å². The topological polar surface area (TPSA) is 66.5 Å². The smallest absolute Gasteiger partial charge is 0.264 e. The van der Waals surface area contributed by atoms with Gasteiger partial charge in [-0.25, -0.2) is 8.42 Å². The molecule has 0 aliphatic heterocycles. The van der Waals surface area contributed by atoms with Gasteiger partial charge in [0.2, 0.25) is 5.91 Å². The Morgan fingerprint density at radius 2 is 1.56 bits per heavy atom. The first-order valence-electron chi connectivity index (χ1n) is 10.4. The van der Waals surface area contributed by atoms with Gasteiger partial charge in [-0.2, -0.15) is 0 Å². The van der Waals surface area contributed by atoms with Gasteiger partial charge in [0.1, 0.15) is 0 Å². The van der Waals surface area contributed by atoms with E-state index in [-0.39, 0.29) is 23.3 Å². The maximum Gasteiger partial charge on any atom is 0.264 e. The van der Waals surface area contributed by atoms with Crippen LogP contribution >= 0.6 is 11.6 Å². The lowest BCUT2D eigenvalue weighted by molar-refractivity contribution is -0.121. The van der Waals surface area contributed by atoms with Crippen molar-refractivity contribution >= 4 is 33.2 Å². The number of carbonyl (C=O) groups is 1. The van der Waals surface area contributed by atoms with Crippen LogP contribution in [0.1, 0.15) is 24.5 Å². The second kappa shape index (κ2) is 10.7. The van der Waals surface area contributed by atoms with Crippen molar-refractivity contribution in [1.82, 2.24) is 5.32 Å². The molecule has 0 heterocycles. The van der Waals surface area contributed by atoms with Gasteiger partial charge >= 0.3 is 0 Å². The van der Waals surface area contributed by atoms with Gasteiger partial charge in [-0.15, -0.1) is 0 Å². The van der Waals surface area contributed by atoms with E-state index in [1.54, 1.807) is 36.4 Å². The number of halogens is 1. The first-order valence-corrected chi connectivity index (χ1v) is 12.2. The summed E-state index contributed by atoms with van der Waals surface area (Å²) in [5, 5.41) is 3.51. The van der Waals surface area contributed by atoms with Crippen LogP contribution in [0.4, 0.5) is 5.69 Å². The third-order valence-corrected chi connectivity index (χ3v) is 7.30. The van der Waals surface area contributed by atoms with Gasteiger partial charge in [-0.05, 0) is 67.3 Å². The van der Waals surface area contributed by atoms with Crippen LogP contribution in [-0.2, 0) is 27.7 Å². The van der Waals surface area contributed by atoms with Crippen molar-refractivity contribution in [3.63, 3.8) is 0 Å². The quantitative estimate of drug-likeness (QED) is 0.486. The van der Waals surface area contributed by atoms with E-state index < -0.39 is 10.0 Å². The molecule has 1 N–H and O–H groups in total. The van der Waals surface area contributed by atoms with E-state index in [1.807, 2.05) is 25.1 Å². The van der Waals surface area contributed by atoms with Gasteiger partial charge in [-0.3, -0.25) is 9.10 Å². The molecule has 1 amide bonds. The van der Waals surface area contributed by atoms with E-state index >= 15 is 0 Å². The molecule has 0 bridgehead atoms. The summed E-state index contributed by atoms with van der Waals surface area (Å²) in [7, 11) is -2.19. The molecule has 0 aromatic heterocycles. The van der Waals surface area contributed by atoms with Crippen LogP contribution in [0.15, 0.2) is 83.8 Å². The first kappa shape index (κ1) is 23.8. The predicted molar refractivity (Wildman–Crippen MR) is 130 cm³/mol. The lowest BCUT2D eigenvalue weighted by atomic mass is 10.1. The Bertz CT molecular complexity index is 1130.